The largest absolute Gasteiger partial charge is 0.493 e. The minimum atomic E-state index is -0.508. The van der Waals surface area contributed by atoms with Gasteiger partial charge < -0.3 is 15.8 Å². The first kappa shape index (κ1) is 18.0. The first-order valence-corrected chi connectivity index (χ1v) is 8.44. The van der Waals surface area contributed by atoms with Gasteiger partial charge in [-0.05, 0) is 48.9 Å². The standard InChI is InChI=1S/C18H19BrN2O3/c1-2-3-10-24-16-9-6-13(19)11-15(16)18(23)21-14-7-4-12(5-8-14)17(20)22/h4-9,11H,2-3,10H2,1H3,(H2,20,22)(H,21,23). The molecule has 0 atom stereocenters. The Bertz CT molecular complexity index is 730. The van der Waals surface area contributed by atoms with E-state index < -0.39 is 5.91 Å². The van der Waals surface area contributed by atoms with E-state index in [4.69, 9.17) is 10.5 Å². The molecule has 0 spiro atoms. The van der Waals surface area contributed by atoms with Crippen molar-refractivity contribution in [1.82, 2.24) is 0 Å². The zero-order valence-corrected chi connectivity index (χ0v) is 14.9. The van der Waals surface area contributed by atoms with Gasteiger partial charge in [0.2, 0.25) is 5.91 Å². The van der Waals surface area contributed by atoms with E-state index in [1.165, 1.54) is 0 Å². The smallest absolute Gasteiger partial charge is 0.259 e. The van der Waals surface area contributed by atoms with E-state index in [1.807, 2.05) is 6.07 Å². The van der Waals surface area contributed by atoms with Crippen molar-refractivity contribution in [3.63, 3.8) is 0 Å². The van der Waals surface area contributed by atoms with Gasteiger partial charge in [-0.3, -0.25) is 9.59 Å². The molecule has 0 aliphatic heterocycles. The van der Waals surface area contributed by atoms with Crippen molar-refractivity contribution in [3.05, 3.63) is 58.1 Å². The summed E-state index contributed by atoms with van der Waals surface area (Å²) in [6.07, 6.45) is 1.94. The molecule has 2 amide bonds. The maximum Gasteiger partial charge on any atom is 0.259 e. The Morgan fingerprint density at radius 1 is 1.17 bits per heavy atom. The molecule has 0 aromatic heterocycles. The van der Waals surface area contributed by atoms with Crippen LogP contribution in [0.4, 0.5) is 5.69 Å². The third-order valence-corrected chi connectivity index (χ3v) is 3.86. The molecule has 2 rings (SSSR count). The number of nitrogens with one attached hydrogen (secondary N) is 1. The average molecular weight is 391 g/mol. The Morgan fingerprint density at radius 2 is 1.88 bits per heavy atom. The van der Waals surface area contributed by atoms with E-state index in [0.29, 0.717) is 29.2 Å². The summed E-state index contributed by atoms with van der Waals surface area (Å²) in [5, 5.41) is 2.79. The van der Waals surface area contributed by atoms with E-state index >= 15 is 0 Å². The second-order valence-electron chi connectivity index (χ2n) is 5.24. The SMILES string of the molecule is CCCCOc1ccc(Br)cc1C(=O)Nc1ccc(C(N)=O)cc1. The number of carbonyl (C=O) groups is 2. The summed E-state index contributed by atoms with van der Waals surface area (Å²) in [5.74, 6) is -0.251. The predicted octanol–water partition coefficient (Wildman–Crippen LogP) is 3.98. The maximum absolute atomic E-state index is 12.5. The number of carbonyl (C=O) groups excluding carboxylic acids is 2. The summed E-state index contributed by atoms with van der Waals surface area (Å²) >= 11 is 3.37. The number of nitrogens with two attached hydrogens (primary N) is 1. The third-order valence-electron chi connectivity index (χ3n) is 3.37. The average Bonchev–Trinajstić information content (AvgIpc) is 2.56. The molecule has 6 heteroatoms. The fourth-order valence-electron chi connectivity index (χ4n) is 2.05. The van der Waals surface area contributed by atoms with E-state index in [-0.39, 0.29) is 5.91 Å². The first-order chi connectivity index (χ1) is 11.5. The summed E-state index contributed by atoms with van der Waals surface area (Å²) in [5.41, 5.74) is 6.61. The van der Waals surface area contributed by atoms with Gasteiger partial charge in [-0.15, -0.1) is 0 Å². The van der Waals surface area contributed by atoms with Gasteiger partial charge in [0.05, 0.1) is 12.2 Å². The van der Waals surface area contributed by atoms with Crippen LogP contribution in [0, 0.1) is 0 Å². The minimum Gasteiger partial charge on any atom is -0.493 e. The Kier molecular flexibility index (Phi) is 6.37. The van der Waals surface area contributed by atoms with Crippen LogP contribution in [0.2, 0.25) is 0 Å². The summed E-state index contributed by atoms with van der Waals surface area (Å²) in [6.45, 7) is 2.64. The number of anilines is 1. The highest BCUT2D eigenvalue weighted by Gasteiger charge is 2.14. The summed E-state index contributed by atoms with van der Waals surface area (Å²) < 4.78 is 6.49. The number of ether oxygens (including phenoxy) is 1. The van der Waals surface area contributed by atoms with Gasteiger partial charge in [-0.2, -0.15) is 0 Å². The number of benzene rings is 2. The van der Waals surface area contributed by atoms with Crippen LogP contribution in [0.15, 0.2) is 46.9 Å². The summed E-state index contributed by atoms with van der Waals surface area (Å²) in [6, 6.07) is 11.7. The second kappa shape index (κ2) is 8.49. The van der Waals surface area contributed by atoms with Gasteiger partial charge in [-0.25, -0.2) is 0 Å². The molecule has 0 saturated carbocycles. The molecule has 126 valence electrons. The molecular formula is C18H19BrN2O3. The molecule has 0 unspecified atom stereocenters. The van der Waals surface area contributed by atoms with Gasteiger partial charge in [-0.1, -0.05) is 29.3 Å². The summed E-state index contributed by atoms with van der Waals surface area (Å²) in [4.78, 5) is 23.6. The maximum atomic E-state index is 12.5. The molecule has 2 aromatic carbocycles. The number of amides is 2. The second-order valence-corrected chi connectivity index (χ2v) is 6.15. The van der Waals surface area contributed by atoms with E-state index in [1.54, 1.807) is 36.4 Å². The number of hydrogen-bond acceptors (Lipinski definition) is 3. The quantitative estimate of drug-likeness (QED) is 0.701. The molecular weight excluding hydrogens is 372 g/mol. The molecule has 24 heavy (non-hydrogen) atoms. The number of rotatable bonds is 7. The van der Waals surface area contributed by atoms with Crippen LogP contribution < -0.4 is 15.8 Å². The van der Waals surface area contributed by atoms with Crippen molar-refractivity contribution in [2.24, 2.45) is 5.73 Å². The highest BCUT2D eigenvalue weighted by atomic mass is 79.9. The molecule has 3 N–H and O–H groups in total. The Morgan fingerprint density at radius 3 is 2.50 bits per heavy atom. The van der Waals surface area contributed by atoms with Crippen molar-refractivity contribution in [2.75, 3.05) is 11.9 Å². The number of primary amides is 1. The highest BCUT2D eigenvalue weighted by Crippen LogP contribution is 2.25. The monoisotopic (exact) mass is 390 g/mol. The Labute approximate surface area is 149 Å². The van der Waals surface area contributed by atoms with Gasteiger partial charge in [0.15, 0.2) is 0 Å². The van der Waals surface area contributed by atoms with Gasteiger partial charge in [0.25, 0.3) is 5.91 Å². The van der Waals surface area contributed by atoms with Gasteiger partial charge in [0, 0.05) is 15.7 Å². The normalized spacial score (nSPS) is 10.2. The van der Waals surface area contributed by atoms with Crippen LogP contribution in [0.1, 0.15) is 40.5 Å². The van der Waals surface area contributed by atoms with Crippen LogP contribution >= 0.6 is 15.9 Å². The molecule has 0 heterocycles. The molecule has 0 radical (unpaired) electrons. The molecule has 0 aliphatic rings. The fraction of sp³-hybridized carbons (Fsp3) is 0.222. The van der Waals surface area contributed by atoms with Crippen LogP contribution in [0.5, 0.6) is 5.75 Å². The van der Waals surface area contributed by atoms with E-state index in [0.717, 1.165) is 17.3 Å². The molecule has 2 aromatic rings. The Hall–Kier alpha value is -2.34. The summed E-state index contributed by atoms with van der Waals surface area (Å²) in [7, 11) is 0. The third kappa shape index (κ3) is 4.83. The number of hydrogen-bond donors (Lipinski definition) is 2. The van der Waals surface area contributed by atoms with Crippen molar-refractivity contribution in [1.29, 1.82) is 0 Å². The van der Waals surface area contributed by atoms with E-state index in [2.05, 4.69) is 28.2 Å². The molecule has 0 bridgehead atoms. The lowest BCUT2D eigenvalue weighted by molar-refractivity contribution is 0.0997. The van der Waals surface area contributed by atoms with Crippen molar-refractivity contribution in [2.45, 2.75) is 19.8 Å². The number of halogens is 1. The lowest BCUT2D eigenvalue weighted by Gasteiger charge is -2.12. The number of unbranched alkanes of at least 4 members (excludes halogenated alkanes) is 1. The van der Waals surface area contributed by atoms with Crippen LogP contribution in [0.25, 0.3) is 0 Å². The molecule has 0 aliphatic carbocycles. The Balaban J connectivity index is 2.15. The van der Waals surface area contributed by atoms with Gasteiger partial charge >= 0.3 is 0 Å². The molecule has 0 fully saturated rings. The molecule has 5 nitrogen and oxygen atoms in total. The highest BCUT2D eigenvalue weighted by molar-refractivity contribution is 9.10. The predicted molar refractivity (Wildman–Crippen MR) is 97.5 cm³/mol. The topological polar surface area (TPSA) is 81.4 Å². The zero-order chi connectivity index (χ0) is 17.5. The van der Waals surface area contributed by atoms with Crippen LogP contribution in [0.3, 0.4) is 0 Å². The first-order valence-electron chi connectivity index (χ1n) is 7.65. The van der Waals surface area contributed by atoms with Crippen molar-refractivity contribution >= 4 is 33.4 Å². The lowest BCUT2D eigenvalue weighted by atomic mass is 10.1. The van der Waals surface area contributed by atoms with Crippen molar-refractivity contribution < 1.29 is 14.3 Å². The van der Waals surface area contributed by atoms with Crippen LogP contribution in [-0.4, -0.2) is 18.4 Å². The zero-order valence-electron chi connectivity index (χ0n) is 13.3. The lowest BCUT2D eigenvalue weighted by Crippen LogP contribution is -2.15. The minimum absolute atomic E-state index is 0.283. The van der Waals surface area contributed by atoms with E-state index in [9.17, 15) is 9.59 Å². The van der Waals surface area contributed by atoms with Crippen molar-refractivity contribution in [3.8, 4) is 5.75 Å². The van der Waals surface area contributed by atoms with Gasteiger partial charge in [0.1, 0.15) is 5.75 Å². The van der Waals surface area contributed by atoms with Crippen LogP contribution in [-0.2, 0) is 0 Å². The fourth-order valence-corrected chi connectivity index (χ4v) is 2.41. The molecule has 0 saturated heterocycles.